The van der Waals surface area contributed by atoms with Crippen LogP contribution in [0.2, 0.25) is 0 Å². The predicted octanol–water partition coefficient (Wildman–Crippen LogP) is 3.56. The minimum absolute atomic E-state index is 0. The number of halogens is 1. The number of nitrogens with two attached hydrogens (primary N) is 1. The molecule has 0 aromatic heterocycles. The Morgan fingerprint density at radius 1 is 1.21 bits per heavy atom. The summed E-state index contributed by atoms with van der Waals surface area (Å²) < 4.78 is 5.19. The first-order valence-electron chi connectivity index (χ1n) is 7.59. The van der Waals surface area contributed by atoms with Gasteiger partial charge in [-0.15, -0.1) is 24.0 Å². The molecule has 0 aliphatic rings. The number of hydrogen-bond donors (Lipinski definition) is 2. The number of likely N-dealkylation sites (N-methyl/N-ethyl adjacent to an activating group) is 1. The summed E-state index contributed by atoms with van der Waals surface area (Å²) in [7, 11) is 3.69. The highest BCUT2D eigenvalue weighted by Crippen LogP contribution is 2.16. The van der Waals surface area contributed by atoms with E-state index in [1.54, 1.807) is 7.11 Å². The van der Waals surface area contributed by atoms with Gasteiger partial charge in [0.1, 0.15) is 5.75 Å². The highest BCUT2D eigenvalue weighted by Gasteiger charge is 2.09. The third-order valence-electron chi connectivity index (χ3n) is 3.69. The number of benzene rings is 2. The third-order valence-corrected chi connectivity index (χ3v) is 3.69. The number of para-hydroxylation sites is 1. The van der Waals surface area contributed by atoms with Crippen molar-refractivity contribution in [3.05, 3.63) is 54.6 Å². The molecular weight excluding hydrogens is 415 g/mol. The minimum atomic E-state index is 0. The van der Waals surface area contributed by atoms with Crippen LogP contribution < -0.4 is 20.7 Å². The molecule has 130 valence electrons. The number of hydrogen-bond acceptors (Lipinski definition) is 3. The maximum Gasteiger partial charge on any atom is 0.193 e. The molecule has 0 fully saturated rings. The van der Waals surface area contributed by atoms with Crippen molar-refractivity contribution in [1.82, 2.24) is 0 Å². The Morgan fingerprint density at radius 3 is 2.58 bits per heavy atom. The second-order valence-corrected chi connectivity index (χ2v) is 5.38. The van der Waals surface area contributed by atoms with E-state index in [2.05, 4.69) is 41.3 Å². The van der Waals surface area contributed by atoms with Crippen molar-refractivity contribution < 1.29 is 4.74 Å². The molecule has 2 aromatic rings. The first-order valence-corrected chi connectivity index (χ1v) is 7.59. The van der Waals surface area contributed by atoms with Crippen molar-refractivity contribution in [2.24, 2.45) is 10.7 Å². The number of anilines is 2. The van der Waals surface area contributed by atoms with Gasteiger partial charge < -0.3 is 20.7 Å². The zero-order valence-electron chi connectivity index (χ0n) is 14.3. The Bertz CT molecular complexity index is 648. The number of nitrogens with one attached hydrogen (secondary N) is 1. The zero-order chi connectivity index (χ0) is 16.7. The van der Waals surface area contributed by atoms with E-state index in [9.17, 15) is 0 Å². The van der Waals surface area contributed by atoms with Crippen LogP contribution in [0.15, 0.2) is 59.6 Å². The summed E-state index contributed by atoms with van der Waals surface area (Å²) in [4.78, 5) is 6.61. The number of methoxy groups -OCH3 is 1. The first kappa shape index (κ1) is 20.1. The molecule has 0 saturated heterocycles. The summed E-state index contributed by atoms with van der Waals surface area (Å²) in [5, 5.41) is 3.08. The molecular formula is C18H25IN4O. The van der Waals surface area contributed by atoms with Crippen molar-refractivity contribution in [3.8, 4) is 5.75 Å². The van der Waals surface area contributed by atoms with Gasteiger partial charge in [-0.3, -0.25) is 4.99 Å². The van der Waals surface area contributed by atoms with Crippen LogP contribution in [0.1, 0.15) is 6.92 Å². The van der Waals surface area contributed by atoms with Gasteiger partial charge in [-0.2, -0.15) is 0 Å². The van der Waals surface area contributed by atoms with Gasteiger partial charge in [0.25, 0.3) is 0 Å². The summed E-state index contributed by atoms with van der Waals surface area (Å²) in [5.74, 6) is 1.17. The van der Waals surface area contributed by atoms with E-state index < -0.39 is 0 Å². The molecule has 2 aromatic carbocycles. The number of rotatable bonds is 6. The number of nitrogens with zero attached hydrogens (tertiary/aromatic N) is 2. The van der Waals surface area contributed by atoms with Crippen LogP contribution in [0.25, 0.3) is 0 Å². The average molecular weight is 440 g/mol. The van der Waals surface area contributed by atoms with Crippen LogP contribution >= 0.6 is 24.0 Å². The number of ether oxygens (including phenoxy) is 1. The Morgan fingerprint density at radius 2 is 1.92 bits per heavy atom. The number of aliphatic imine (C=N–C) groups is 1. The van der Waals surface area contributed by atoms with Gasteiger partial charge in [-0.1, -0.05) is 24.3 Å². The Kier molecular flexibility index (Phi) is 8.39. The van der Waals surface area contributed by atoms with Crippen LogP contribution in [-0.2, 0) is 0 Å². The molecule has 24 heavy (non-hydrogen) atoms. The molecule has 6 heteroatoms. The van der Waals surface area contributed by atoms with Gasteiger partial charge in [0.05, 0.1) is 13.7 Å². The molecule has 5 nitrogen and oxygen atoms in total. The number of guanidine groups is 1. The van der Waals surface area contributed by atoms with Crippen molar-refractivity contribution >= 4 is 41.3 Å². The normalized spacial score (nSPS) is 12.0. The fourth-order valence-electron chi connectivity index (χ4n) is 2.16. The summed E-state index contributed by atoms with van der Waals surface area (Å²) >= 11 is 0. The van der Waals surface area contributed by atoms with Gasteiger partial charge in [0.15, 0.2) is 5.96 Å². The lowest BCUT2D eigenvalue weighted by atomic mass is 10.2. The molecule has 0 bridgehead atoms. The Balaban J connectivity index is 0.00000288. The van der Waals surface area contributed by atoms with Crippen molar-refractivity contribution in [2.45, 2.75) is 13.0 Å². The predicted molar refractivity (Wildman–Crippen MR) is 113 cm³/mol. The summed E-state index contributed by atoms with van der Waals surface area (Å²) in [5.41, 5.74) is 7.98. The van der Waals surface area contributed by atoms with Crippen molar-refractivity contribution in [3.63, 3.8) is 0 Å². The largest absolute Gasteiger partial charge is 0.497 e. The first-order chi connectivity index (χ1) is 11.1. The quantitative estimate of drug-likeness (QED) is 0.410. The molecule has 0 spiro atoms. The summed E-state index contributed by atoms with van der Waals surface area (Å²) in [6, 6.07) is 18.1. The van der Waals surface area contributed by atoms with Crippen molar-refractivity contribution in [2.75, 3.05) is 30.9 Å². The van der Waals surface area contributed by atoms with Gasteiger partial charge in [-0.05, 0) is 31.2 Å². The summed E-state index contributed by atoms with van der Waals surface area (Å²) in [6.07, 6.45) is 0. The molecule has 0 heterocycles. The lowest BCUT2D eigenvalue weighted by Gasteiger charge is -2.25. The molecule has 2 rings (SSSR count). The lowest BCUT2D eigenvalue weighted by molar-refractivity contribution is 0.415. The van der Waals surface area contributed by atoms with E-state index in [4.69, 9.17) is 10.5 Å². The zero-order valence-corrected chi connectivity index (χ0v) is 16.6. The van der Waals surface area contributed by atoms with E-state index in [1.807, 2.05) is 42.5 Å². The van der Waals surface area contributed by atoms with Gasteiger partial charge in [0, 0.05) is 30.5 Å². The molecule has 0 saturated carbocycles. The van der Waals surface area contributed by atoms with Gasteiger partial charge in [-0.25, -0.2) is 0 Å². The van der Waals surface area contributed by atoms with Gasteiger partial charge >= 0.3 is 0 Å². The smallest absolute Gasteiger partial charge is 0.193 e. The lowest BCUT2D eigenvalue weighted by Crippen LogP contribution is -2.33. The molecule has 3 N–H and O–H groups in total. The summed E-state index contributed by atoms with van der Waals surface area (Å²) in [6.45, 7) is 2.73. The maximum absolute atomic E-state index is 5.96. The molecule has 1 atom stereocenters. The fourth-order valence-corrected chi connectivity index (χ4v) is 2.16. The van der Waals surface area contributed by atoms with E-state index in [0.717, 1.165) is 17.1 Å². The monoisotopic (exact) mass is 440 g/mol. The SMILES string of the molecule is COc1cccc(NC(N)=NCC(C)N(C)c2ccccc2)c1.I. The van der Waals surface area contributed by atoms with Crippen LogP contribution in [0.4, 0.5) is 11.4 Å². The molecule has 0 aliphatic heterocycles. The van der Waals surface area contributed by atoms with Crippen LogP contribution in [0.3, 0.4) is 0 Å². The second kappa shape index (κ2) is 10.0. The maximum atomic E-state index is 5.96. The second-order valence-electron chi connectivity index (χ2n) is 5.38. The standard InChI is InChI=1S/C18H24N4O.HI/c1-14(22(2)16-9-5-4-6-10-16)13-20-18(19)21-15-8-7-11-17(12-15)23-3;/h4-12,14H,13H2,1-3H3,(H3,19,20,21);1H. The van der Waals surface area contributed by atoms with Crippen molar-refractivity contribution in [1.29, 1.82) is 0 Å². The van der Waals surface area contributed by atoms with E-state index in [0.29, 0.717) is 12.5 Å². The highest BCUT2D eigenvalue weighted by atomic mass is 127. The Labute approximate surface area is 160 Å². The third kappa shape index (κ3) is 5.92. The van der Waals surface area contributed by atoms with E-state index in [-0.39, 0.29) is 30.0 Å². The molecule has 1 unspecified atom stereocenters. The molecule has 0 radical (unpaired) electrons. The molecule has 0 aliphatic carbocycles. The van der Waals surface area contributed by atoms with E-state index >= 15 is 0 Å². The average Bonchev–Trinajstić information content (AvgIpc) is 2.60. The Hall–Kier alpha value is -1.96. The van der Waals surface area contributed by atoms with Crippen LogP contribution in [-0.4, -0.2) is 32.7 Å². The van der Waals surface area contributed by atoms with Crippen LogP contribution in [0.5, 0.6) is 5.75 Å². The van der Waals surface area contributed by atoms with E-state index in [1.165, 1.54) is 0 Å². The minimum Gasteiger partial charge on any atom is -0.497 e. The van der Waals surface area contributed by atoms with Gasteiger partial charge in [0.2, 0.25) is 0 Å². The fraction of sp³-hybridized carbons (Fsp3) is 0.278. The highest BCUT2D eigenvalue weighted by molar-refractivity contribution is 14.0. The topological polar surface area (TPSA) is 62.9 Å². The molecule has 0 amide bonds. The van der Waals surface area contributed by atoms with Crippen LogP contribution in [0, 0.1) is 0 Å².